The third kappa shape index (κ3) is 3.67. The van der Waals surface area contributed by atoms with Crippen LogP contribution in [-0.4, -0.2) is 8.42 Å². The Labute approximate surface area is 141 Å². The maximum atomic E-state index is 12.4. The van der Waals surface area contributed by atoms with Crippen LogP contribution >= 0.6 is 34.2 Å². The molecule has 0 unspecified atom stereocenters. The van der Waals surface area contributed by atoms with Gasteiger partial charge in [-0.2, -0.15) is 5.26 Å². The number of aryl methyl sites for hydroxylation is 1. The van der Waals surface area contributed by atoms with Gasteiger partial charge in [-0.25, -0.2) is 8.42 Å². The Morgan fingerprint density at radius 1 is 1.24 bits per heavy atom. The van der Waals surface area contributed by atoms with E-state index in [1.54, 1.807) is 25.1 Å². The Bertz CT molecular complexity index is 845. The first-order valence-electron chi connectivity index (χ1n) is 5.82. The third-order valence-corrected chi connectivity index (χ3v) is 5.29. The van der Waals surface area contributed by atoms with Crippen molar-refractivity contribution in [3.8, 4) is 6.07 Å². The van der Waals surface area contributed by atoms with Crippen molar-refractivity contribution in [1.29, 1.82) is 5.26 Å². The van der Waals surface area contributed by atoms with E-state index in [1.807, 2.05) is 28.7 Å². The molecule has 2 rings (SSSR count). The maximum Gasteiger partial charge on any atom is 0.261 e. The Morgan fingerprint density at radius 3 is 2.52 bits per heavy atom. The van der Waals surface area contributed by atoms with E-state index < -0.39 is 10.0 Å². The lowest BCUT2D eigenvalue weighted by atomic mass is 10.1. The highest BCUT2D eigenvalue weighted by atomic mass is 127. The molecule has 1 N–H and O–H groups in total. The predicted molar refractivity (Wildman–Crippen MR) is 90.9 cm³/mol. The van der Waals surface area contributed by atoms with Gasteiger partial charge < -0.3 is 0 Å². The van der Waals surface area contributed by atoms with E-state index in [0.717, 1.165) is 0 Å². The number of nitrogens with zero attached hydrogens (tertiary/aromatic N) is 1. The topological polar surface area (TPSA) is 70.0 Å². The molecule has 0 saturated heterocycles. The molecule has 2 aromatic carbocycles. The zero-order valence-corrected chi connectivity index (χ0v) is 14.6. The monoisotopic (exact) mass is 432 g/mol. The van der Waals surface area contributed by atoms with Crippen LogP contribution in [-0.2, 0) is 10.0 Å². The summed E-state index contributed by atoms with van der Waals surface area (Å²) in [6.45, 7) is 1.70. The van der Waals surface area contributed by atoms with E-state index in [-0.39, 0.29) is 4.90 Å². The molecule has 0 aliphatic carbocycles. The van der Waals surface area contributed by atoms with Crippen LogP contribution in [0.2, 0.25) is 5.02 Å². The van der Waals surface area contributed by atoms with Gasteiger partial charge in [0.1, 0.15) is 0 Å². The molecule has 2 aromatic rings. The van der Waals surface area contributed by atoms with Crippen LogP contribution in [0.4, 0.5) is 5.69 Å². The van der Waals surface area contributed by atoms with Crippen molar-refractivity contribution in [2.75, 3.05) is 4.72 Å². The zero-order chi connectivity index (χ0) is 15.6. The lowest BCUT2D eigenvalue weighted by Crippen LogP contribution is -2.14. The second-order valence-electron chi connectivity index (χ2n) is 4.32. The van der Waals surface area contributed by atoms with Gasteiger partial charge in [-0.15, -0.1) is 0 Å². The molecule has 0 aliphatic heterocycles. The number of hydrogen-bond acceptors (Lipinski definition) is 3. The van der Waals surface area contributed by atoms with E-state index in [2.05, 4.69) is 4.72 Å². The van der Waals surface area contributed by atoms with Gasteiger partial charge in [0.05, 0.1) is 22.2 Å². The Kier molecular flexibility index (Phi) is 4.76. The van der Waals surface area contributed by atoms with Crippen molar-refractivity contribution in [2.45, 2.75) is 11.8 Å². The van der Waals surface area contributed by atoms with Crippen molar-refractivity contribution < 1.29 is 8.42 Å². The SMILES string of the molecule is Cc1cc(S(=O)(=O)Nc2ccc(Cl)cc2I)ccc1C#N. The molecule has 0 bridgehead atoms. The van der Waals surface area contributed by atoms with Crippen LogP contribution in [0.3, 0.4) is 0 Å². The molecule has 0 radical (unpaired) electrons. The summed E-state index contributed by atoms with van der Waals surface area (Å²) in [6.07, 6.45) is 0. The molecule has 108 valence electrons. The smallest absolute Gasteiger partial charge is 0.261 e. The van der Waals surface area contributed by atoms with Crippen molar-refractivity contribution in [3.63, 3.8) is 0 Å². The van der Waals surface area contributed by atoms with Crippen molar-refractivity contribution in [3.05, 3.63) is 56.1 Å². The number of nitriles is 1. The molecule has 0 heterocycles. The molecule has 21 heavy (non-hydrogen) atoms. The highest BCUT2D eigenvalue weighted by molar-refractivity contribution is 14.1. The lowest BCUT2D eigenvalue weighted by molar-refractivity contribution is 0.601. The number of anilines is 1. The van der Waals surface area contributed by atoms with E-state index in [1.165, 1.54) is 18.2 Å². The quantitative estimate of drug-likeness (QED) is 0.747. The summed E-state index contributed by atoms with van der Waals surface area (Å²) in [4.78, 5) is 0.116. The molecular formula is C14H10ClIN2O2S. The number of halogens is 2. The summed E-state index contributed by atoms with van der Waals surface area (Å²) < 4.78 is 27.9. The summed E-state index contributed by atoms with van der Waals surface area (Å²) >= 11 is 7.86. The molecule has 0 aromatic heterocycles. The average Bonchev–Trinajstić information content (AvgIpc) is 2.42. The first-order chi connectivity index (χ1) is 9.83. The van der Waals surface area contributed by atoms with Gasteiger partial charge in [-0.3, -0.25) is 4.72 Å². The molecule has 0 amide bonds. The van der Waals surface area contributed by atoms with Crippen LogP contribution in [0.5, 0.6) is 0 Å². The fourth-order valence-corrected chi connectivity index (χ4v) is 4.06. The van der Waals surface area contributed by atoms with Gasteiger partial charge in [0.25, 0.3) is 10.0 Å². The van der Waals surface area contributed by atoms with Crippen molar-refractivity contribution >= 4 is 49.9 Å². The number of sulfonamides is 1. The number of benzene rings is 2. The van der Waals surface area contributed by atoms with E-state index in [4.69, 9.17) is 16.9 Å². The van der Waals surface area contributed by atoms with Crippen LogP contribution < -0.4 is 4.72 Å². The van der Waals surface area contributed by atoms with Gasteiger partial charge >= 0.3 is 0 Å². The molecule has 0 spiro atoms. The van der Waals surface area contributed by atoms with Gasteiger partial charge in [0, 0.05) is 8.59 Å². The molecule has 0 atom stereocenters. The highest BCUT2D eigenvalue weighted by Gasteiger charge is 2.16. The van der Waals surface area contributed by atoms with Crippen LogP contribution in [0.25, 0.3) is 0 Å². The third-order valence-electron chi connectivity index (χ3n) is 2.80. The summed E-state index contributed by atoms with van der Waals surface area (Å²) in [5, 5.41) is 9.42. The number of rotatable bonds is 3. The highest BCUT2D eigenvalue weighted by Crippen LogP contribution is 2.25. The lowest BCUT2D eigenvalue weighted by Gasteiger charge is -2.11. The molecular weight excluding hydrogens is 423 g/mol. The van der Waals surface area contributed by atoms with Crippen molar-refractivity contribution in [2.24, 2.45) is 0 Å². The first-order valence-corrected chi connectivity index (χ1v) is 8.76. The minimum atomic E-state index is -3.70. The summed E-state index contributed by atoms with van der Waals surface area (Å²) in [7, 11) is -3.70. The van der Waals surface area contributed by atoms with Crippen molar-refractivity contribution in [1.82, 2.24) is 0 Å². The summed E-state index contributed by atoms with van der Waals surface area (Å²) in [5.41, 5.74) is 1.53. The first kappa shape index (κ1) is 16.1. The Morgan fingerprint density at radius 2 is 1.95 bits per heavy atom. The fourth-order valence-electron chi connectivity index (χ4n) is 1.70. The minimum Gasteiger partial charge on any atom is -0.279 e. The summed E-state index contributed by atoms with van der Waals surface area (Å²) in [6, 6.07) is 11.3. The zero-order valence-electron chi connectivity index (χ0n) is 10.9. The molecule has 7 heteroatoms. The maximum absolute atomic E-state index is 12.4. The molecule has 0 saturated carbocycles. The minimum absolute atomic E-state index is 0.116. The fraction of sp³-hybridized carbons (Fsp3) is 0.0714. The van der Waals surface area contributed by atoms with Crippen LogP contribution in [0.1, 0.15) is 11.1 Å². The van der Waals surface area contributed by atoms with Crippen LogP contribution in [0.15, 0.2) is 41.3 Å². The number of nitrogens with one attached hydrogen (secondary N) is 1. The number of hydrogen-bond donors (Lipinski definition) is 1. The Balaban J connectivity index is 2.39. The Hall–Kier alpha value is -1.30. The molecule has 0 fully saturated rings. The second-order valence-corrected chi connectivity index (χ2v) is 7.60. The predicted octanol–water partition coefficient (Wildman–Crippen LogP) is 3.93. The standard InChI is InChI=1S/C14H10ClIN2O2S/c1-9-6-12(4-2-10(9)8-17)21(19,20)18-14-5-3-11(15)7-13(14)16/h2-7,18H,1H3. The van der Waals surface area contributed by atoms with Gasteiger partial charge in [0.15, 0.2) is 0 Å². The van der Waals surface area contributed by atoms with Gasteiger partial charge in [-0.1, -0.05) is 11.6 Å². The normalized spacial score (nSPS) is 11.0. The van der Waals surface area contributed by atoms with Crippen LogP contribution in [0, 0.1) is 21.8 Å². The largest absolute Gasteiger partial charge is 0.279 e. The van der Waals surface area contributed by atoms with E-state index in [0.29, 0.717) is 25.4 Å². The second kappa shape index (κ2) is 6.22. The van der Waals surface area contributed by atoms with E-state index >= 15 is 0 Å². The summed E-state index contributed by atoms with van der Waals surface area (Å²) in [5.74, 6) is 0. The molecule has 4 nitrogen and oxygen atoms in total. The average molecular weight is 433 g/mol. The molecule has 0 aliphatic rings. The van der Waals surface area contributed by atoms with Gasteiger partial charge in [-0.05, 0) is 71.5 Å². The van der Waals surface area contributed by atoms with Gasteiger partial charge in [0.2, 0.25) is 0 Å². The van der Waals surface area contributed by atoms with E-state index in [9.17, 15) is 8.42 Å².